The molecule has 2 nitrogen and oxygen atoms in total. The van der Waals surface area contributed by atoms with Gasteiger partial charge in [-0.2, -0.15) is 5.10 Å². The van der Waals surface area contributed by atoms with E-state index in [0.717, 1.165) is 17.1 Å². The van der Waals surface area contributed by atoms with Gasteiger partial charge in [0.2, 0.25) is 0 Å². The molecule has 3 heteroatoms. The number of hydrogen-bond donors (Lipinski definition) is 0. The summed E-state index contributed by atoms with van der Waals surface area (Å²) < 4.78 is 1.86. The molecule has 0 fully saturated rings. The molecule has 0 aliphatic heterocycles. The summed E-state index contributed by atoms with van der Waals surface area (Å²) in [6.07, 6.45) is 3.69. The summed E-state index contributed by atoms with van der Waals surface area (Å²) in [5.41, 5.74) is 2.28. The Kier molecular flexibility index (Phi) is 2.55. The number of rotatable bonds is 2. The quantitative estimate of drug-likeness (QED) is 0.739. The molecule has 0 spiro atoms. The first-order valence-electron chi connectivity index (χ1n) is 4.48. The number of halogens is 1. The van der Waals surface area contributed by atoms with Crippen LogP contribution in [0.5, 0.6) is 0 Å². The van der Waals surface area contributed by atoms with Crippen LogP contribution < -0.4 is 0 Å². The highest BCUT2D eigenvalue weighted by Crippen LogP contribution is 2.18. The van der Waals surface area contributed by atoms with E-state index in [0.29, 0.717) is 0 Å². The van der Waals surface area contributed by atoms with Crippen molar-refractivity contribution in [3.8, 4) is 0 Å². The molecule has 1 aromatic heterocycles. The average Bonchev–Trinajstić information content (AvgIpc) is 2.62. The predicted octanol–water partition coefficient (Wildman–Crippen LogP) is 2.89. The standard InChI is InChI=1S/C11H11ClN2/c1-9-3-4-10(11(12)7-9)8-14-6-2-5-13-14/h2-7H,8H2,1H3. The van der Waals surface area contributed by atoms with Gasteiger partial charge in [0.1, 0.15) is 0 Å². The van der Waals surface area contributed by atoms with Gasteiger partial charge in [-0.05, 0) is 30.2 Å². The summed E-state index contributed by atoms with van der Waals surface area (Å²) in [6.45, 7) is 2.76. The highest BCUT2D eigenvalue weighted by atomic mass is 35.5. The van der Waals surface area contributed by atoms with E-state index in [4.69, 9.17) is 11.6 Å². The monoisotopic (exact) mass is 206 g/mol. The Morgan fingerprint density at radius 2 is 2.29 bits per heavy atom. The molecule has 1 aromatic carbocycles. The van der Waals surface area contributed by atoms with Crippen molar-refractivity contribution in [2.75, 3.05) is 0 Å². The molecule has 0 N–H and O–H groups in total. The summed E-state index contributed by atoms with van der Waals surface area (Å²) in [7, 11) is 0. The van der Waals surface area contributed by atoms with Crippen molar-refractivity contribution in [1.82, 2.24) is 9.78 Å². The Hall–Kier alpha value is -1.28. The van der Waals surface area contributed by atoms with Crippen LogP contribution in [0, 0.1) is 6.92 Å². The maximum absolute atomic E-state index is 6.11. The lowest BCUT2D eigenvalue weighted by atomic mass is 10.1. The fourth-order valence-electron chi connectivity index (χ4n) is 1.35. The second-order valence-electron chi connectivity index (χ2n) is 3.30. The third-order valence-electron chi connectivity index (χ3n) is 2.10. The zero-order valence-corrected chi connectivity index (χ0v) is 8.70. The van der Waals surface area contributed by atoms with Gasteiger partial charge in [0.05, 0.1) is 6.54 Å². The zero-order valence-electron chi connectivity index (χ0n) is 7.94. The normalized spacial score (nSPS) is 10.4. The molecule has 72 valence electrons. The summed E-state index contributed by atoms with van der Waals surface area (Å²) in [6, 6.07) is 7.98. The molecular weight excluding hydrogens is 196 g/mol. The first-order valence-corrected chi connectivity index (χ1v) is 4.86. The van der Waals surface area contributed by atoms with Crippen molar-refractivity contribution >= 4 is 11.6 Å². The molecule has 0 aliphatic rings. The highest BCUT2D eigenvalue weighted by Gasteiger charge is 2.00. The van der Waals surface area contributed by atoms with Crippen LogP contribution >= 0.6 is 11.6 Å². The average molecular weight is 207 g/mol. The first kappa shape index (κ1) is 9.28. The number of aromatic nitrogens is 2. The van der Waals surface area contributed by atoms with Gasteiger partial charge in [0.15, 0.2) is 0 Å². The topological polar surface area (TPSA) is 17.8 Å². The molecule has 0 bridgehead atoms. The van der Waals surface area contributed by atoms with Crippen molar-refractivity contribution in [2.45, 2.75) is 13.5 Å². The summed E-state index contributed by atoms with van der Waals surface area (Å²) in [4.78, 5) is 0. The second kappa shape index (κ2) is 3.84. The van der Waals surface area contributed by atoms with E-state index in [9.17, 15) is 0 Å². The van der Waals surface area contributed by atoms with Gasteiger partial charge in [-0.1, -0.05) is 23.7 Å². The molecule has 0 unspecified atom stereocenters. The van der Waals surface area contributed by atoms with Gasteiger partial charge in [-0.15, -0.1) is 0 Å². The van der Waals surface area contributed by atoms with Crippen LogP contribution in [0.4, 0.5) is 0 Å². The number of nitrogens with zero attached hydrogens (tertiary/aromatic N) is 2. The lowest BCUT2D eigenvalue weighted by molar-refractivity contribution is 0.687. The van der Waals surface area contributed by atoms with Crippen molar-refractivity contribution in [3.05, 3.63) is 52.8 Å². The van der Waals surface area contributed by atoms with Crippen LogP contribution in [0.2, 0.25) is 5.02 Å². The van der Waals surface area contributed by atoms with Crippen LogP contribution in [0.3, 0.4) is 0 Å². The minimum Gasteiger partial charge on any atom is -0.268 e. The van der Waals surface area contributed by atoms with E-state index in [1.54, 1.807) is 6.20 Å². The minimum absolute atomic E-state index is 0.728. The largest absolute Gasteiger partial charge is 0.268 e. The smallest absolute Gasteiger partial charge is 0.0673 e. The first-order chi connectivity index (χ1) is 6.75. The van der Waals surface area contributed by atoms with Crippen molar-refractivity contribution in [2.24, 2.45) is 0 Å². The molecular formula is C11H11ClN2. The SMILES string of the molecule is Cc1ccc(Cn2cccn2)c(Cl)c1. The van der Waals surface area contributed by atoms with Gasteiger partial charge < -0.3 is 0 Å². The number of benzene rings is 1. The van der Waals surface area contributed by atoms with Gasteiger partial charge in [0, 0.05) is 17.4 Å². The van der Waals surface area contributed by atoms with E-state index in [1.807, 2.05) is 36.0 Å². The third kappa shape index (κ3) is 1.96. The van der Waals surface area contributed by atoms with E-state index in [2.05, 4.69) is 11.2 Å². The number of aryl methyl sites for hydroxylation is 1. The Morgan fingerprint density at radius 1 is 1.43 bits per heavy atom. The van der Waals surface area contributed by atoms with Gasteiger partial charge in [0.25, 0.3) is 0 Å². The second-order valence-corrected chi connectivity index (χ2v) is 3.71. The van der Waals surface area contributed by atoms with E-state index < -0.39 is 0 Å². The summed E-state index contributed by atoms with van der Waals surface area (Å²) >= 11 is 6.11. The fraction of sp³-hybridized carbons (Fsp3) is 0.182. The maximum atomic E-state index is 6.11. The Morgan fingerprint density at radius 3 is 2.93 bits per heavy atom. The molecule has 2 rings (SSSR count). The van der Waals surface area contributed by atoms with Crippen LogP contribution in [0.1, 0.15) is 11.1 Å². The molecule has 2 aromatic rings. The molecule has 14 heavy (non-hydrogen) atoms. The summed E-state index contributed by atoms with van der Waals surface area (Å²) in [5.74, 6) is 0. The maximum Gasteiger partial charge on any atom is 0.0673 e. The zero-order chi connectivity index (χ0) is 9.97. The fourth-order valence-corrected chi connectivity index (χ4v) is 1.64. The third-order valence-corrected chi connectivity index (χ3v) is 2.45. The van der Waals surface area contributed by atoms with Crippen LogP contribution in [0.15, 0.2) is 36.7 Å². The molecule has 0 aliphatic carbocycles. The van der Waals surface area contributed by atoms with Crippen molar-refractivity contribution < 1.29 is 0 Å². The lowest BCUT2D eigenvalue weighted by Crippen LogP contribution is -2.00. The predicted molar refractivity (Wildman–Crippen MR) is 57.5 cm³/mol. The number of hydrogen-bond acceptors (Lipinski definition) is 1. The molecule has 0 atom stereocenters. The Bertz CT molecular complexity index is 421. The Balaban J connectivity index is 2.25. The van der Waals surface area contributed by atoms with E-state index >= 15 is 0 Å². The molecule has 0 radical (unpaired) electrons. The minimum atomic E-state index is 0.728. The molecule has 0 saturated carbocycles. The Labute approximate surface area is 88.1 Å². The van der Waals surface area contributed by atoms with Crippen LogP contribution in [-0.2, 0) is 6.54 Å². The van der Waals surface area contributed by atoms with E-state index in [1.165, 1.54) is 5.56 Å². The molecule has 1 heterocycles. The molecule has 0 amide bonds. The molecule has 0 saturated heterocycles. The van der Waals surface area contributed by atoms with E-state index in [-0.39, 0.29) is 0 Å². The summed E-state index contributed by atoms with van der Waals surface area (Å²) in [5, 5.41) is 4.94. The highest BCUT2D eigenvalue weighted by molar-refractivity contribution is 6.31. The van der Waals surface area contributed by atoms with Gasteiger partial charge in [-0.25, -0.2) is 0 Å². The van der Waals surface area contributed by atoms with Crippen molar-refractivity contribution in [1.29, 1.82) is 0 Å². The lowest BCUT2D eigenvalue weighted by Gasteiger charge is -2.05. The van der Waals surface area contributed by atoms with Crippen molar-refractivity contribution in [3.63, 3.8) is 0 Å². The van der Waals surface area contributed by atoms with Gasteiger partial charge >= 0.3 is 0 Å². The van der Waals surface area contributed by atoms with Gasteiger partial charge in [-0.3, -0.25) is 4.68 Å². The van der Waals surface area contributed by atoms with Crippen LogP contribution in [-0.4, -0.2) is 9.78 Å². The van der Waals surface area contributed by atoms with Crippen LogP contribution in [0.25, 0.3) is 0 Å².